The second kappa shape index (κ2) is 6.30. The van der Waals surface area contributed by atoms with E-state index in [9.17, 15) is 13.5 Å². The van der Waals surface area contributed by atoms with E-state index in [4.69, 9.17) is 0 Å². The molecule has 0 radical (unpaired) electrons. The van der Waals surface area contributed by atoms with Gasteiger partial charge in [-0.1, -0.05) is 13.8 Å². The summed E-state index contributed by atoms with van der Waals surface area (Å²) in [6.45, 7) is 4.98. The number of aliphatic hydroxyl groups is 1. The first-order chi connectivity index (χ1) is 11.3. The molecule has 0 bridgehead atoms. The van der Waals surface area contributed by atoms with Crippen LogP contribution >= 0.6 is 0 Å². The first-order valence-corrected chi connectivity index (χ1v) is 9.59. The zero-order valence-electron chi connectivity index (χ0n) is 14.1. The lowest BCUT2D eigenvalue weighted by Gasteiger charge is -2.27. The number of aliphatic hydroxyl groups excluding tert-OH is 1. The summed E-state index contributed by atoms with van der Waals surface area (Å²) in [7, 11) is -1.51. The van der Waals surface area contributed by atoms with Crippen molar-refractivity contribution in [3.63, 3.8) is 0 Å². The molecule has 3 rings (SSSR count). The fourth-order valence-electron chi connectivity index (χ4n) is 2.97. The average Bonchev–Trinajstić information content (AvgIpc) is 3.10. The molecule has 0 aromatic carbocycles. The van der Waals surface area contributed by atoms with E-state index in [0.717, 1.165) is 5.69 Å². The molecule has 2 aromatic rings. The summed E-state index contributed by atoms with van der Waals surface area (Å²) < 4.78 is 29.7. The molecule has 0 amide bonds. The molecule has 1 aliphatic rings. The smallest absolute Gasteiger partial charge is 0.214 e. The van der Waals surface area contributed by atoms with Gasteiger partial charge in [0.25, 0.3) is 0 Å². The van der Waals surface area contributed by atoms with Gasteiger partial charge in [0.05, 0.1) is 35.9 Å². The molecule has 24 heavy (non-hydrogen) atoms. The van der Waals surface area contributed by atoms with E-state index in [2.05, 4.69) is 10.2 Å². The fourth-order valence-corrected chi connectivity index (χ4v) is 4.71. The van der Waals surface area contributed by atoms with Crippen LogP contribution in [0.4, 0.5) is 0 Å². The van der Waals surface area contributed by atoms with Gasteiger partial charge in [-0.05, 0) is 18.1 Å². The SMILES string of the molecule is CC(C)CS(=O)(=O)N1CCn2nc([C@H](O)c3ccnn3C)cc2C1. The Balaban J connectivity index is 1.81. The number of hydrogen-bond acceptors (Lipinski definition) is 5. The van der Waals surface area contributed by atoms with Crippen LogP contribution in [-0.4, -0.2) is 49.7 Å². The Morgan fingerprint density at radius 2 is 2.08 bits per heavy atom. The Bertz CT molecular complexity index is 824. The molecule has 0 unspecified atom stereocenters. The van der Waals surface area contributed by atoms with Crippen LogP contribution in [0.2, 0.25) is 0 Å². The van der Waals surface area contributed by atoms with Crippen LogP contribution in [0, 0.1) is 5.92 Å². The van der Waals surface area contributed by atoms with E-state index >= 15 is 0 Å². The van der Waals surface area contributed by atoms with Gasteiger partial charge in [0.2, 0.25) is 10.0 Å². The van der Waals surface area contributed by atoms with Crippen molar-refractivity contribution in [3.8, 4) is 0 Å². The van der Waals surface area contributed by atoms with E-state index < -0.39 is 16.1 Å². The first-order valence-electron chi connectivity index (χ1n) is 7.98. The van der Waals surface area contributed by atoms with Gasteiger partial charge in [0.15, 0.2) is 0 Å². The number of sulfonamides is 1. The van der Waals surface area contributed by atoms with E-state index in [-0.39, 0.29) is 11.7 Å². The lowest BCUT2D eigenvalue weighted by atomic mass is 10.2. The molecule has 132 valence electrons. The van der Waals surface area contributed by atoms with Crippen LogP contribution in [0.25, 0.3) is 0 Å². The molecule has 0 saturated heterocycles. The molecule has 1 atom stereocenters. The van der Waals surface area contributed by atoms with Crippen LogP contribution in [0.15, 0.2) is 18.3 Å². The predicted molar refractivity (Wildman–Crippen MR) is 88.5 cm³/mol. The van der Waals surface area contributed by atoms with Gasteiger partial charge in [-0.25, -0.2) is 8.42 Å². The van der Waals surface area contributed by atoms with Gasteiger partial charge in [0, 0.05) is 19.8 Å². The Morgan fingerprint density at radius 1 is 1.33 bits per heavy atom. The molecule has 8 nitrogen and oxygen atoms in total. The number of nitrogens with zero attached hydrogens (tertiary/aromatic N) is 5. The van der Waals surface area contributed by atoms with E-state index in [1.54, 1.807) is 34.7 Å². The van der Waals surface area contributed by atoms with Crippen molar-refractivity contribution in [1.82, 2.24) is 23.9 Å². The molecule has 0 aliphatic carbocycles. The minimum Gasteiger partial charge on any atom is -0.380 e. The Kier molecular flexibility index (Phi) is 4.50. The normalized spacial score (nSPS) is 17.2. The maximum absolute atomic E-state index is 12.4. The summed E-state index contributed by atoms with van der Waals surface area (Å²) in [5.41, 5.74) is 1.95. The lowest BCUT2D eigenvalue weighted by molar-refractivity contribution is 0.203. The number of aromatic nitrogens is 4. The van der Waals surface area contributed by atoms with Crippen molar-refractivity contribution in [2.24, 2.45) is 13.0 Å². The number of hydrogen-bond donors (Lipinski definition) is 1. The maximum atomic E-state index is 12.4. The maximum Gasteiger partial charge on any atom is 0.214 e. The highest BCUT2D eigenvalue weighted by atomic mass is 32.2. The molecule has 2 aromatic heterocycles. The molecule has 0 spiro atoms. The topological polar surface area (TPSA) is 93.2 Å². The standard InChI is InChI=1S/C15H23N5O3S/c1-11(2)10-24(22,23)19-6-7-20-12(9-19)8-13(17-20)15(21)14-4-5-16-18(14)3/h4-5,8,11,15,21H,6-7,9-10H2,1-3H3/t15-/m0/s1. The van der Waals surface area contributed by atoms with Gasteiger partial charge in [-0.15, -0.1) is 0 Å². The zero-order chi connectivity index (χ0) is 17.5. The van der Waals surface area contributed by atoms with Crippen LogP contribution in [0.5, 0.6) is 0 Å². The molecule has 3 heterocycles. The Morgan fingerprint density at radius 3 is 2.71 bits per heavy atom. The molecular formula is C15H23N5O3S. The van der Waals surface area contributed by atoms with Crippen molar-refractivity contribution < 1.29 is 13.5 Å². The fraction of sp³-hybridized carbons (Fsp3) is 0.600. The summed E-state index contributed by atoms with van der Waals surface area (Å²) in [4.78, 5) is 0. The lowest BCUT2D eigenvalue weighted by Crippen LogP contribution is -2.40. The molecule has 0 saturated carbocycles. The quantitative estimate of drug-likeness (QED) is 0.845. The Hall–Kier alpha value is -1.71. The summed E-state index contributed by atoms with van der Waals surface area (Å²) >= 11 is 0. The van der Waals surface area contributed by atoms with Crippen LogP contribution in [-0.2, 0) is 30.2 Å². The van der Waals surface area contributed by atoms with Crippen LogP contribution in [0.3, 0.4) is 0 Å². The monoisotopic (exact) mass is 353 g/mol. The molecule has 0 fully saturated rings. The highest BCUT2D eigenvalue weighted by Crippen LogP contribution is 2.24. The first kappa shape index (κ1) is 17.1. The molecular weight excluding hydrogens is 330 g/mol. The Labute approximate surface area is 141 Å². The third kappa shape index (κ3) is 3.24. The average molecular weight is 353 g/mol. The zero-order valence-corrected chi connectivity index (χ0v) is 14.9. The van der Waals surface area contributed by atoms with Gasteiger partial charge < -0.3 is 5.11 Å². The largest absolute Gasteiger partial charge is 0.380 e. The van der Waals surface area contributed by atoms with Gasteiger partial charge in [0.1, 0.15) is 6.10 Å². The van der Waals surface area contributed by atoms with Gasteiger partial charge in [-0.3, -0.25) is 9.36 Å². The highest BCUT2D eigenvalue weighted by Gasteiger charge is 2.29. The van der Waals surface area contributed by atoms with Crippen molar-refractivity contribution in [3.05, 3.63) is 35.4 Å². The summed E-state index contributed by atoms with van der Waals surface area (Å²) in [5, 5.41) is 19.0. The second-order valence-electron chi connectivity index (χ2n) is 6.57. The van der Waals surface area contributed by atoms with Crippen molar-refractivity contribution in [1.29, 1.82) is 0 Å². The number of aryl methyl sites for hydroxylation is 1. The van der Waals surface area contributed by atoms with Crippen LogP contribution in [0.1, 0.15) is 37.0 Å². The number of rotatable bonds is 5. The number of fused-ring (bicyclic) bond motifs is 1. The van der Waals surface area contributed by atoms with E-state index in [1.165, 1.54) is 4.31 Å². The predicted octanol–water partition coefficient (Wildman–Crippen LogP) is 0.500. The highest BCUT2D eigenvalue weighted by molar-refractivity contribution is 7.89. The van der Waals surface area contributed by atoms with Crippen molar-refractivity contribution >= 4 is 10.0 Å². The summed E-state index contributed by atoms with van der Waals surface area (Å²) in [6, 6.07) is 3.51. The van der Waals surface area contributed by atoms with E-state index in [1.807, 2.05) is 13.8 Å². The molecule has 1 aliphatic heterocycles. The molecule has 9 heteroatoms. The van der Waals surface area contributed by atoms with Gasteiger partial charge in [-0.2, -0.15) is 14.5 Å². The third-order valence-electron chi connectivity index (χ3n) is 4.14. The van der Waals surface area contributed by atoms with Crippen molar-refractivity contribution in [2.75, 3.05) is 12.3 Å². The van der Waals surface area contributed by atoms with Gasteiger partial charge >= 0.3 is 0 Å². The third-order valence-corrected chi connectivity index (χ3v) is 6.32. The minimum absolute atomic E-state index is 0.0871. The summed E-state index contributed by atoms with van der Waals surface area (Å²) in [6.07, 6.45) is 0.741. The summed E-state index contributed by atoms with van der Waals surface area (Å²) in [5.74, 6) is 0.232. The second-order valence-corrected chi connectivity index (χ2v) is 8.59. The van der Waals surface area contributed by atoms with Crippen molar-refractivity contribution in [2.45, 2.75) is 33.0 Å². The molecule has 1 N–H and O–H groups in total. The van der Waals surface area contributed by atoms with E-state index in [0.29, 0.717) is 31.0 Å². The minimum atomic E-state index is -3.27. The van der Waals surface area contributed by atoms with Crippen LogP contribution < -0.4 is 0 Å².